The van der Waals surface area contributed by atoms with Crippen LogP contribution in [-0.4, -0.2) is 193 Å². The summed E-state index contributed by atoms with van der Waals surface area (Å²) >= 11 is 0. The number of allylic oxidation sites excluding steroid dienone is 9. The van der Waals surface area contributed by atoms with Crippen LogP contribution in [0, 0.1) is 0 Å². The molecule has 3 fully saturated rings. The van der Waals surface area contributed by atoms with Crippen molar-refractivity contribution in [2.24, 2.45) is 0 Å². The van der Waals surface area contributed by atoms with Gasteiger partial charge in [-0.25, -0.2) is 0 Å². The fourth-order valence-electron chi connectivity index (χ4n) is 8.75. The molecule has 3 aliphatic heterocycles. The maximum Gasteiger partial charge on any atom is 0.220 e. The largest absolute Gasteiger partial charge is 0.394 e. The maximum absolute atomic E-state index is 13.2. The van der Waals surface area contributed by atoms with E-state index < -0.39 is 124 Å². The Labute approximate surface area is 433 Å². The van der Waals surface area contributed by atoms with E-state index in [0.717, 1.165) is 70.6 Å². The molecule has 0 aliphatic carbocycles. The first-order valence-electron chi connectivity index (χ1n) is 27.0. The number of unbranched alkanes of at least 4 members (excludes halogenated alkanes) is 13. The number of carbonyl (C=O) groups excluding carboxylic acids is 1. The summed E-state index contributed by atoms with van der Waals surface area (Å²) in [7, 11) is 0. The highest BCUT2D eigenvalue weighted by molar-refractivity contribution is 5.76. The zero-order chi connectivity index (χ0) is 53.4. The van der Waals surface area contributed by atoms with Gasteiger partial charge in [-0.15, -0.1) is 0 Å². The minimum atomic E-state index is -1.98. The summed E-state index contributed by atoms with van der Waals surface area (Å²) in [5, 5.41) is 119. The number of carbonyl (C=O) groups is 1. The number of hydrogen-bond donors (Lipinski definition) is 12. The monoisotopic (exact) mass is 1040 g/mol. The number of hydrogen-bond acceptors (Lipinski definition) is 18. The fourth-order valence-corrected chi connectivity index (χ4v) is 8.75. The van der Waals surface area contributed by atoms with Gasteiger partial charge in [0.2, 0.25) is 5.91 Å². The molecule has 0 aromatic heterocycles. The molecule has 73 heavy (non-hydrogen) atoms. The van der Waals surface area contributed by atoms with Crippen molar-refractivity contribution in [3.63, 3.8) is 0 Å². The molecule has 3 aliphatic rings. The van der Waals surface area contributed by atoms with Gasteiger partial charge in [-0.3, -0.25) is 4.79 Å². The molecular formula is C54H93NO18. The van der Waals surface area contributed by atoms with Gasteiger partial charge in [-0.1, -0.05) is 132 Å². The smallest absolute Gasteiger partial charge is 0.220 e. The maximum atomic E-state index is 13.2. The normalized spacial score (nSPS) is 32.2. The first-order chi connectivity index (χ1) is 35.3. The molecule has 0 aromatic carbocycles. The number of rotatable bonds is 37. The van der Waals surface area contributed by atoms with E-state index in [0.29, 0.717) is 12.8 Å². The van der Waals surface area contributed by atoms with Crippen LogP contribution in [0.25, 0.3) is 0 Å². The standard InChI is InChI=1S/C54H93NO18/c1-3-5-7-9-11-12-13-14-15-16-17-18-19-20-21-22-23-24-26-28-30-32-42(60)55-37(38(59)31-29-27-25-10-8-6-4-2)36-68-52-48(66)45(63)50(40(34-57)70-52)73-54-49(67)46(64)51(41(35-58)71-54)72-53-47(65)44(62)43(61)39(33-56)69-53/h8,10,13-14,16-17,19-20,29,31,37-41,43-54,56-59,61-67H,3-7,9,11-12,15,18,21-28,30,32-36H2,1-2H3,(H,55,60)/b10-8+,14-13-,17-16-,20-19-,31-29+. The average Bonchev–Trinajstić information content (AvgIpc) is 3.39. The van der Waals surface area contributed by atoms with Crippen molar-refractivity contribution in [1.29, 1.82) is 0 Å². The van der Waals surface area contributed by atoms with E-state index in [1.54, 1.807) is 12.2 Å². The Kier molecular flexibility index (Phi) is 33.8. The molecule has 19 nitrogen and oxygen atoms in total. The highest BCUT2D eigenvalue weighted by Crippen LogP contribution is 2.33. The van der Waals surface area contributed by atoms with E-state index in [1.807, 2.05) is 0 Å². The molecule has 3 rings (SSSR count). The Morgan fingerprint density at radius 1 is 0.493 bits per heavy atom. The van der Waals surface area contributed by atoms with Crippen LogP contribution >= 0.6 is 0 Å². The van der Waals surface area contributed by atoms with Crippen LogP contribution in [0.5, 0.6) is 0 Å². The van der Waals surface area contributed by atoms with Crippen LogP contribution in [0.4, 0.5) is 0 Å². The average molecular weight is 1040 g/mol. The van der Waals surface area contributed by atoms with Gasteiger partial charge in [0.25, 0.3) is 0 Å². The summed E-state index contributed by atoms with van der Waals surface area (Å²) < 4.78 is 34.0. The van der Waals surface area contributed by atoms with Crippen LogP contribution < -0.4 is 5.32 Å². The quantitative estimate of drug-likeness (QED) is 0.0315. The van der Waals surface area contributed by atoms with Crippen LogP contribution in [0.2, 0.25) is 0 Å². The number of amides is 1. The third kappa shape index (κ3) is 23.3. The number of aliphatic hydroxyl groups excluding tert-OH is 11. The first-order valence-corrected chi connectivity index (χ1v) is 27.0. The van der Waals surface area contributed by atoms with Crippen molar-refractivity contribution < 1.29 is 89.4 Å². The molecule has 17 unspecified atom stereocenters. The zero-order valence-corrected chi connectivity index (χ0v) is 43.3. The predicted octanol–water partition coefficient (Wildman–Crippen LogP) is 2.92. The number of aliphatic hydroxyl groups is 11. The Balaban J connectivity index is 1.48. The zero-order valence-electron chi connectivity index (χ0n) is 43.3. The highest BCUT2D eigenvalue weighted by Gasteiger charge is 2.53. The second kappa shape index (κ2) is 38.1. The van der Waals surface area contributed by atoms with Crippen LogP contribution in [0.15, 0.2) is 60.8 Å². The summed E-state index contributed by atoms with van der Waals surface area (Å²) in [5.41, 5.74) is 0. The second-order valence-corrected chi connectivity index (χ2v) is 19.3. The second-order valence-electron chi connectivity index (χ2n) is 19.3. The van der Waals surface area contributed by atoms with Crippen molar-refractivity contribution >= 4 is 5.91 Å². The van der Waals surface area contributed by atoms with Crippen LogP contribution in [-0.2, 0) is 33.2 Å². The number of ether oxygens (including phenoxy) is 6. The molecule has 0 bridgehead atoms. The van der Waals surface area contributed by atoms with E-state index in [1.165, 1.54) is 38.5 Å². The Hall–Kier alpha value is -2.51. The topological polar surface area (TPSA) is 307 Å². The van der Waals surface area contributed by atoms with Gasteiger partial charge in [0.05, 0.1) is 38.6 Å². The SMILES string of the molecule is CCC/C=C/CC/C=C/C(O)C(COC1OC(CO)C(OC2OC(CO)C(OC3OC(CO)C(O)C(O)C3O)C(O)C2O)C(O)C1O)NC(=O)CCCCCCCC/C=C\C/C=C\C/C=C\CCCCCCC. The molecule has 422 valence electrons. The third-order valence-electron chi connectivity index (χ3n) is 13.3. The summed E-state index contributed by atoms with van der Waals surface area (Å²) in [4.78, 5) is 13.2. The first kappa shape index (κ1) is 64.8. The van der Waals surface area contributed by atoms with Gasteiger partial charge in [0.1, 0.15) is 73.2 Å². The minimum absolute atomic E-state index is 0.217. The van der Waals surface area contributed by atoms with Crippen molar-refractivity contribution in [2.75, 3.05) is 26.4 Å². The van der Waals surface area contributed by atoms with Crippen molar-refractivity contribution in [1.82, 2.24) is 5.32 Å². The lowest BCUT2D eigenvalue weighted by Crippen LogP contribution is -2.66. The lowest BCUT2D eigenvalue weighted by atomic mass is 9.96. The molecule has 12 N–H and O–H groups in total. The lowest BCUT2D eigenvalue weighted by Gasteiger charge is -2.48. The van der Waals surface area contributed by atoms with E-state index in [-0.39, 0.29) is 18.9 Å². The van der Waals surface area contributed by atoms with E-state index in [4.69, 9.17) is 28.4 Å². The molecule has 0 saturated carbocycles. The van der Waals surface area contributed by atoms with Gasteiger partial charge < -0.3 is 89.9 Å². The Morgan fingerprint density at radius 2 is 0.945 bits per heavy atom. The molecule has 0 radical (unpaired) electrons. The van der Waals surface area contributed by atoms with Gasteiger partial charge >= 0.3 is 0 Å². The fraction of sp³-hybridized carbons (Fsp3) is 0.796. The molecule has 19 heteroatoms. The Bertz CT molecular complexity index is 1580. The van der Waals surface area contributed by atoms with E-state index >= 15 is 0 Å². The van der Waals surface area contributed by atoms with Gasteiger partial charge in [0.15, 0.2) is 18.9 Å². The van der Waals surface area contributed by atoms with Crippen molar-refractivity contribution in [3.05, 3.63) is 60.8 Å². The molecule has 0 spiro atoms. The van der Waals surface area contributed by atoms with Crippen LogP contribution in [0.3, 0.4) is 0 Å². The van der Waals surface area contributed by atoms with Gasteiger partial charge in [0, 0.05) is 6.42 Å². The molecular weight excluding hydrogens is 951 g/mol. The summed E-state index contributed by atoms with van der Waals surface area (Å²) in [6.07, 6.45) is 14.1. The van der Waals surface area contributed by atoms with Gasteiger partial charge in [-0.05, 0) is 64.2 Å². The highest BCUT2D eigenvalue weighted by atomic mass is 16.8. The Morgan fingerprint density at radius 3 is 1.51 bits per heavy atom. The molecule has 3 saturated heterocycles. The lowest BCUT2D eigenvalue weighted by molar-refractivity contribution is -0.379. The molecule has 3 heterocycles. The van der Waals surface area contributed by atoms with Crippen LogP contribution in [0.1, 0.15) is 142 Å². The summed E-state index contributed by atoms with van der Waals surface area (Å²) in [6, 6.07) is -0.995. The third-order valence-corrected chi connectivity index (χ3v) is 13.3. The molecule has 1 amide bonds. The number of nitrogens with one attached hydrogen (secondary N) is 1. The van der Waals surface area contributed by atoms with Crippen molar-refractivity contribution in [3.8, 4) is 0 Å². The predicted molar refractivity (Wildman–Crippen MR) is 272 cm³/mol. The van der Waals surface area contributed by atoms with Crippen molar-refractivity contribution in [2.45, 2.75) is 247 Å². The minimum Gasteiger partial charge on any atom is -0.394 e. The van der Waals surface area contributed by atoms with E-state index in [2.05, 4.69) is 67.8 Å². The summed E-state index contributed by atoms with van der Waals surface area (Å²) in [6.45, 7) is 1.52. The van der Waals surface area contributed by atoms with Gasteiger partial charge in [-0.2, -0.15) is 0 Å². The summed E-state index contributed by atoms with van der Waals surface area (Å²) in [5.74, 6) is -0.307. The molecule has 0 aromatic rings. The van der Waals surface area contributed by atoms with E-state index in [9.17, 15) is 61.0 Å². The molecule has 17 atom stereocenters.